The predicted molar refractivity (Wildman–Crippen MR) is 91.4 cm³/mol. The summed E-state index contributed by atoms with van der Waals surface area (Å²) in [7, 11) is 0. The Morgan fingerprint density at radius 1 is 0.955 bits per heavy atom. The molecule has 0 aromatic carbocycles. The molecule has 9 heteroatoms. The molecule has 0 radical (unpaired) electrons. The Morgan fingerprint density at radius 3 is 1.68 bits per heavy atom. The minimum Gasteiger partial charge on any atom is -0.464 e. The van der Waals surface area contributed by atoms with Crippen LogP contribution >= 0.6 is 17.1 Å². The molecular formula is C13H25O6PS2. The molecule has 0 aliphatic carbocycles. The second kappa shape index (κ2) is 12.3. The number of ether oxygens (including phenoxy) is 2. The van der Waals surface area contributed by atoms with Crippen LogP contribution < -0.4 is 0 Å². The van der Waals surface area contributed by atoms with Gasteiger partial charge in [-0.05, 0) is 25.7 Å². The molecule has 0 rings (SSSR count). The fourth-order valence-corrected chi connectivity index (χ4v) is 6.92. The van der Waals surface area contributed by atoms with Gasteiger partial charge >= 0.3 is 11.9 Å². The van der Waals surface area contributed by atoms with Crippen molar-refractivity contribution in [2.24, 2.45) is 0 Å². The normalized spacial score (nSPS) is 11.5. The van der Waals surface area contributed by atoms with E-state index in [-0.39, 0.29) is 43.2 Å². The Bertz CT molecular complexity index is 361. The lowest BCUT2D eigenvalue weighted by Crippen LogP contribution is -2.23. The molecule has 130 valence electrons. The van der Waals surface area contributed by atoms with E-state index in [1.165, 1.54) is 11.4 Å². The molecule has 0 unspecified atom stereocenters. The van der Waals surface area contributed by atoms with Crippen molar-refractivity contribution < 1.29 is 28.1 Å². The van der Waals surface area contributed by atoms with Gasteiger partial charge in [0, 0.05) is 12.8 Å². The van der Waals surface area contributed by atoms with Crippen LogP contribution in [0.4, 0.5) is 0 Å². The van der Waals surface area contributed by atoms with Crippen LogP contribution in [0.25, 0.3) is 0 Å². The lowest BCUT2D eigenvalue weighted by Gasteiger charge is -2.25. The second-order valence-corrected chi connectivity index (χ2v) is 10.6. The largest absolute Gasteiger partial charge is 0.464 e. The number of carbonyl (C=O) groups excluding carboxylic acids is 2. The first-order valence-corrected chi connectivity index (χ1v) is 11.4. The highest BCUT2D eigenvalue weighted by Crippen LogP contribution is 2.62. The van der Waals surface area contributed by atoms with Crippen molar-refractivity contribution in [3.05, 3.63) is 0 Å². The third-order valence-corrected chi connectivity index (χ3v) is 7.98. The van der Waals surface area contributed by atoms with Gasteiger partial charge < -0.3 is 18.5 Å². The third-order valence-electron chi connectivity index (χ3n) is 2.29. The maximum absolute atomic E-state index is 11.3. The van der Waals surface area contributed by atoms with E-state index in [9.17, 15) is 9.59 Å². The van der Waals surface area contributed by atoms with Gasteiger partial charge in [0.05, 0.1) is 18.5 Å². The molecule has 6 nitrogen and oxygen atoms in total. The first-order chi connectivity index (χ1) is 10.4. The van der Waals surface area contributed by atoms with E-state index >= 15 is 0 Å². The van der Waals surface area contributed by atoms with Crippen LogP contribution in [0.2, 0.25) is 0 Å². The molecule has 0 saturated carbocycles. The minimum atomic E-state index is -2.54. The third kappa shape index (κ3) is 9.79. The van der Waals surface area contributed by atoms with E-state index in [1.807, 2.05) is 13.8 Å². The topological polar surface area (TPSA) is 71.1 Å². The van der Waals surface area contributed by atoms with Crippen LogP contribution in [-0.2, 0) is 39.9 Å². The van der Waals surface area contributed by atoms with Gasteiger partial charge in [-0.2, -0.15) is 0 Å². The fourth-order valence-electron chi connectivity index (χ4n) is 1.28. The summed E-state index contributed by atoms with van der Waals surface area (Å²) < 4.78 is 21.4. The Labute approximate surface area is 141 Å². The molecule has 0 aromatic rings. The molecule has 0 bridgehead atoms. The zero-order chi connectivity index (χ0) is 17.0. The summed E-state index contributed by atoms with van der Waals surface area (Å²) in [5.41, 5.74) is -2.54. The zero-order valence-corrected chi connectivity index (χ0v) is 16.1. The maximum atomic E-state index is 11.3. The Hall–Kier alpha value is -0.140. The molecule has 0 heterocycles. The van der Waals surface area contributed by atoms with Crippen molar-refractivity contribution >= 4 is 40.8 Å². The number of esters is 2. The zero-order valence-electron chi connectivity index (χ0n) is 13.5. The second-order valence-electron chi connectivity index (χ2n) is 4.08. The first-order valence-electron chi connectivity index (χ1n) is 7.29. The molecule has 0 aliphatic rings. The SMILES string of the molecule is CCOP(=S)(OCC)SC(COC(=O)CC)COC(=O)CC. The maximum Gasteiger partial charge on any atom is 0.305 e. The van der Waals surface area contributed by atoms with E-state index < -0.39 is 5.69 Å². The summed E-state index contributed by atoms with van der Waals surface area (Å²) in [5, 5.41) is -0.310. The molecular weight excluding hydrogens is 347 g/mol. The molecule has 0 saturated heterocycles. The Morgan fingerprint density at radius 2 is 1.36 bits per heavy atom. The van der Waals surface area contributed by atoms with E-state index in [1.54, 1.807) is 13.8 Å². The quantitative estimate of drug-likeness (QED) is 0.382. The van der Waals surface area contributed by atoms with Gasteiger partial charge in [-0.25, -0.2) is 0 Å². The molecule has 0 amide bonds. The minimum absolute atomic E-state index is 0.104. The van der Waals surface area contributed by atoms with Crippen molar-refractivity contribution in [1.82, 2.24) is 0 Å². The summed E-state index contributed by atoms with van der Waals surface area (Å²) in [6, 6.07) is 0. The predicted octanol–water partition coefficient (Wildman–Crippen LogP) is 3.29. The van der Waals surface area contributed by atoms with Crippen LogP contribution in [-0.4, -0.2) is 43.6 Å². The lowest BCUT2D eigenvalue weighted by molar-refractivity contribution is -0.145. The highest BCUT2D eigenvalue weighted by molar-refractivity contribution is 8.68. The number of rotatable bonds is 12. The van der Waals surface area contributed by atoms with E-state index in [2.05, 4.69) is 0 Å². The van der Waals surface area contributed by atoms with Crippen molar-refractivity contribution in [1.29, 1.82) is 0 Å². The molecule has 0 aliphatic heterocycles. The van der Waals surface area contributed by atoms with Crippen molar-refractivity contribution in [2.75, 3.05) is 26.4 Å². The molecule has 0 spiro atoms. The number of hydrogen-bond donors (Lipinski definition) is 0. The summed E-state index contributed by atoms with van der Waals surface area (Å²) in [6.07, 6.45) is 0.578. The van der Waals surface area contributed by atoms with Gasteiger partial charge in [0.15, 0.2) is 0 Å². The van der Waals surface area contributed by atoms with Crippen LogP contribution in [0, 0.1) is 0 Å². The van der Waals surface area contributed by atoms with Crippen LogP contribution in [0.15, 0.2) is 0 Å². The van der Waals surface area contributed by atoms with Crippen LogP contribution in [0.5, 0.6) is 0 Å². The fraction of sp³-hybridized carbons (Fsp3) is 0.846. The molecule has 0 N–H and O–H groups in total. The summed E-state index contributed by atoms with van der Waals surface area (Å²) in [6.45, 7) is 8.17. The van der Waals surface area contributed by atoms with Crippen LogP contribution in [0.3, 0.4) is 0 Å². The van der Waals surface area contributed by atoms with Gasteiger partial charge in [-0.3, -0.25) is 9.59 Å². The highest BCUT2D eigenvalue weighted by atomic mass is 32.9. The van der Waals surface area contributed by atoms with E-state index in [0.29, 0.717) is 13.2 Å². The summed E-state index contributed by atoms with van der Waals surface area (Å²) >= 11 is 6.71. The van der Waals surface area contributed by atoms with Crippen LogP contribution in [0.1, 0.15) is 40.5 Å². The van der Waals surface area contributed by atoms with Gasteiger partial charge in [-0.15, -0.1) is 0 Å². The molecule has 22 heavy (non-hydrogen) atoms. The molecule has 0 aromatic heterocycles. The van der Waals surface area contributed by atoms with Gasteiger partial charge in [0.25, 0.3) is 0 Å². The van der Waals surface area contributed by atoms with E-state index in [4.69, 9.17) is 30.3 Å². The van der Waals surface area contributed by atoms with Gasteiger partial charge in [-0.1, -0.05) is 25.2 Å². The molecule has 0 fully saturated rings. The highest BCUT2D eigenvalue weighted by Gasteiger charge is 2.27. The van der Waals surface area contributed by atoms with E-state index in [0.717, 1.165) is 0 Å². The first kappa shape index (κ1) is 21.9. The molecule has 0 atom stereocenters. The van der Waals surface area contributed by atoms with Crippen molar-refractivity contribution in [3.63, 3.8) is 0 Å². The smallest absolute Gasteiger partial charge is 0.305 e. The lowest BCUT2D eigenvalue weighted by atomic mass is 10.4. The summed E-state index contributed by atoms with van der Waals surface area (Å²) in [4.78, 5) is 22.6. The van der Waals surface area contributed by atoms with Gasteiger partial charge in [0.2, 0.25) is 5.69 Å². The Kier molecular flexibility index (Phi) is 12.2. The number of carbonyl (C=O) groups is 2. The monoisotopic (exact) mass is 372 g/mol. The average molecular weight is 372 g/mol. The summed E-state index contributed by atoms with van der Waals surface area (Å²) in [5.74, 6) is -0.623. The standard InChI is InChI=1S/C13H25O6PS2/c1-5-12(14)16-9-11(10-17-13(15)6-2)22-20(21,18-7-3)19-8-4/h11H,5-10H2,1-4H3. The Balaban J connectivity index is 4.75. The van der Waals surface area contributed by atoms with Gasteiger partial charge in [0.1, 0.15) is 13.2 Å². The average Bonchev–Trinajstić information content (AvgIpc) is 2.49. The number of hydrogen-bond acceptors (Lipinski definition) is 8. The van der Waals surface area contributed by atoms with Crippen molar-refractivity contribution in [2.45, 2.75) is 45.8 Å². The van der Waals surface area contributed by atoms with Crippen molar-refractivity contribution in [3.8, 4) is 0 Å².